The molecule has 0 amide bonds. The number of ether oxygens (including phenoxy) is 1. The van der Waals surface area contributed by atoms with Crippen molar-refractivity contribution in [2.45, 2.75) is 39.2 Å². The minimum atomic E-state index is -0.507. The molecule has 0 bridgehead atoms. The second kappa shape index (κ2) is 6.05. The summed E-state index contributed by atoms with van der Waals surface area (Å²) >= 11 is 0. The molecule has 1 heterocycles. The molecular weight excluding hydrogens is 256 g/mol. The zero-order valence-electron chi connectivity index (χ0n) is 12.1. The van der Waals surface area contributed by atoms with Gasteiger partial charge in [-0.25, -0.2) is 0 Å². The molecule has 20 heavy (non-hydrogen) atoms. The number of phenols is 1. The Labute approximate surface area is 118 Å². The summed E-state index contributed by atoms with van der Waals surface area (Å²) in [6.45, 7) is 6.64. The zero-order chi connectivity index (χ0) is 14.6. The third-order valence-electron chi connectivity index (χ3n) is 3.49. The fourth-order valence-corrected chi connectivity index (χ4v) is 2.28. The Hall–Kier alpha value is -1.88. The Bertz CT molecular complexity index is 562. The van der Waals surface area contributed by atoms with E-state index in [1.807, 2.05) is 26.8 Å². The fraction of sp³-hybridized carbons (Fsp3) is 0.467. The van der Waals surface area contributed by atoms with Gasteiger partial charge in [0, 0.05) is 12.2 Å². The number of nitrogens with zero attached hydrogens (tertiary/aromatic N) is 2. The van der Waals surface area contributed by atoms with Gasteiger partial charge in [-0.2, -0.15) is 4.98 Å². The van der Waals surface area contributed by atoms with Crippen molar-refractivity contribution in [1.29, 1.82) is 0 Å². The lowest BCUT2D eigenvalue weighted by Gasteiger charge is -2.27. The largest absolute Gasteiger partial charge is 0.508 e. The van der Waals surface area contributed by atoms with E-state index in [0.29, 0.717) is 23.9 Å². The van der Waals surface area contributed by atoms with Gasteiger partial charge < -0.3 is 14.4 Å². The van der Waals surface area contributed by atoms with Crippen molar-refractivity contribution < 1.29 is 14.4 Å². The number of aromatic hydroxyl groups is 1. The van der Waals surface area contributed by atoms with Crippen LogP contribution in [0.2, 0.25) is 0 Å². The summed E-state index contributed by atoms with van der Waals surface area (Å²) in [6, 6.07) is 6.75. The first-order chi connectivity index (χ1) is 9.65. The van der Waals surface area contributed by atoms with E-state index in [1.54, 1.807) is 18.2 Å². The second-order valence-corrected chi connectivity index (χ2v) is 4.61. The van der Waals surface area contributed by atoms with Crippen LogP contribution in [0.1, 0.15) is 39.4 Å². The minimum absolute atomic E-state index is 0.171. The molecule has 1 N–H and O–H groups in total. The number of hydrogen-bond donors (Lipinski definition) is 1. The molecule has 0 unspecified atom stereocenters. The van der Waals surface area contributed by atoms with Crippen LogP contribution in [0.3, 0.4) is 0 Å². The molecule has 0 fully saturated rings. The molecule has 2 aromatic rings. The Morgan fingerprint density at radius 2 is 2.00 bits per heavy atom. The average Bonchev–Trinajstić information content (AvgIpc) is 2.95. The molecule has 108 valence electrons. The lowest BCUT2D eigenvalue weighted by atomic mass is 9.96. The van der Waals surface area contributed by atoms with Gasteiger partial charge in [0.15, 0.2) is 0 Å². The lowest BCUT2D eigenvalue weighted by molar-refractivity contribution is -0.0583. The number of phenolic OH excluding ortho intramolecular Hbond substituents is 1. The Morgan fingerprint density at radius 1 is 1.25 bits per heavy atom. The highest BCUT2D eigenvalue weighted by Gasteiger charge is 2.34. The summed E-state index contributed by atoms with van der Waals surface area (Å²) in [4.78, 5) is 4.44. The topological polar surface area (TPSA) is 68.4 Å². The fourth-order valence-electron chi connectivity index (χ4n) is 2.28. The molecule has 5 heteroatoms. The van der Waals surface area contributed by atoms with Gasteiger partial charge in [0.1, 0.15) is 11.4 Å². The van der Waals surface area contributed by atoms with Gasteiger partial charge in [-0.3, -0.25) is 0 Å². The van der Waals surface area contributed by atoms with E-state index >= 15 is 0 Å². The maximum Gasteiger partial charge on any atom is 0.258 e. The van der Waals surface area contributed by atoms with Crippen molar-refractivity contribution >= 4 is 0 Å². The molecule has 0 aliphatic carbocycles. The minimum Gasteiger partial charge on any atom is -0.508 e. The number of benzene rings is 1. The van der Waals surface area contributed by atoms with E-state index in [1.165, 1.54) is 0 Å². The molecule has 5 nitrogen and oxygen atoms in total. The van der Waals surface area contributed by atoms with Crippen LogP contribution in [0, 0.1) is 0 Å². The molecule has 1 aromatic heterocycles. The maximum atomic E-state index is 9.50. The maximum absolute atomic E-state index is 9.50. The first-order valence-electron chi connectivity index (χ1n) is 6.92. The van der Waals surface area contributed by atoms with Gasteiger partial charge in [-0.1, -0.05) is 25.1 Å². The highest BCUT2D eigenvalue weighted by atomic mass is 16.5. The predicted molar refractivity (Wildman–Crippen MR) is 75.3 cm³/mol. The lowest BCUT2D eigenvalue weighted by Crippen LogP contribution is -2.29. The van der Waals surface area contributed by atoms with Gasteiger partial charge in [0.05, 0.1) is 0 Å². The third kappa shape index (κ3) is 2.67. The summed E-state index contributed by atoms with van der Waals surface area (Å²) in [5.74, 6) is 1.12. The van der Waals surface area contributed by atoms with Crippen molar-refractivity contribution in [3.05, 3.63) is 30.1 Å². The van der Waals surface area contributed by atoms with Gasteiger partial charge in [-0.15, -0.1) is 0 Å². The van der Waals surface area contributed by atoms with Crippen molar-refractivity contribution in [2.24, 2.45) is 0 Å². The van der Waals surface area contributed by atoms with Gasteiger partial charge in [0.2, 0.25) is 5.82 Å². The van der Waals surface area contributed by atoms with Crippen molar-refractivity contribution in [1.82, 2.24) is 10.1 Å². The Morgan fingerprint density at radius 3 is 2.60 bits per heavy atom. The highest BCUT2D eigenvalue weighted by Crippen LogP contribution is 2.32. The standard InChI is InChI=1S/C15H20N2O3/c1-4-15(5-2,19-6-3)14-16-13(20-17-14)11-8-7-9-12(18)10-11/h7-10,18H,4-6H2,1-3H3. The molecule has 0 radical (unpaired) electrons. The Balaban J connectivity index is 2.36. The van der Waals surface area contributed by atoms with E-state index in [-0.39, 0.29) is 5.75 Å². The summed E-state index contributed by atoms with van der Waals surface area (Å²) in [7, 11) is 0. The van der Waals surface area contributed by atoms with E-state index < -0.39 is 5.60 Å². The van der Waals surface area contributed by atoms with Gasteiger partial charge in [-0.05, 0) is 38.0 Å². The molecule has 0 saturated heterocycles. The summed E-state index contributed by atoms with van der Waals surface area (Å²) in [5.41, 5.74) is 0.189. The first-order valence-corrected chi connectivity index (χ1v) is 6.92. The number of hydrogen-bond acceptors (Lipinski definition) is 5. The van der Waals surface area contributed by atoms with Crippen LogP contribution in [0.5, 0.6) is 5.75 Å². The summed E-state index contributed by atoms with van der Waals surface area (Å²) in [6.07, 6.45) is 1.55. The van der Waals surface area contributed by atoms with Crippen molar-refractivity contribution in [3.8, 4) is 17.2 Å². The molecular formula is C15H20N2O3. The van der Waals surface area contributed by atoms with Crippen LogP contribution in [0.4, 0.5) is 0 Å². The van der Waals surface area contributed by atoms with Crippen LogP contribution in [0.25, 0.3) is 11.5 Å². The number of aromatic nitrogens is 2. The smallest absolute Gasteiger partial charge is 0.258 e. The number of rotatable bonds is 6. The van der Waals surface area contributed by atoms with Crippen LogP contribution in [0.15, 0.2) is 28.8 Å². The quantitative estimate of drug-likeness (QED) is 0.874. The molecule has 1 aromatic carbocycles. The molecule has 0 atom stereocenters. The van der Waals surface area contributed by atoms with Crippen LogP contribution in [-0.2, 0) is 10.3 Å². The van der Waals surface area contributed by atoms with Crippen molar-refractivity contribution in [2.75, 3.05) is 6.61 Å². The molecule has 2 rings (SSSR count). The van der Waals surface area contributed by atoms with E-state index in [2.05, 4.69) is 10.1 Å². The van der Waals surface area contributed by atoms with E-state index in [4.69, 9.17) is 9.26 Å². The summed E-state index contributed by atoms with van der Waals surface area (Å²) in [5, 5.41) is 13.6. The Kier molecular flexibility index (Phi) is 4.39. The molecule has 0 aliphatic rings. The van der Waals surface area contributed by atoms with Crippen LogP contribution < -0.4 is 0 Å². The molecule has 0 spiro atoms. The van der Waals surface area contributed by atoms with E-state index in [0.717, 1.165) is 12.8 Å². The second-order valence-electron chi connectivity index (χ2n) is 4.61. The SMILES string of the molecule is CCOC(CC)(CC)c1noc(-c2cccc(O)c2)n1. The third-order valence-corrected chi connectivity index (χ3v) is 3.49. The molecule has 0 saturated carbocycles. The monoisotopic (exact) mass is 276 g/mol. The normalized spacial score (nSPS) is 11.8. The van der Waals surface area contributed by atoms with Gasteiger partial charge in [0.25, 0.3) is 5.89 Å². The predicted octanol–water partition coefficient (Wildman–Crippen LogP) is 3.49. The van der Waals surface area contributed by atoms with Crippen molar-refractivity contribution in [3.63, 3.8) is 0 Å². The first kappa shape index (κ1) is 14.5. The zero-order valence-corrected chi connectivity index (χ0v) is 12.1. The summed E-state index contributed by atoms with van der Waals surface area (Å²) < 4.78 is 11.2. The van der Waals surface area contributed by atoms with Gasteiger partial charge >= 0.3 is 0 Å². The van der Waals surface area contributed by atoms with E-state index in [9.17, 15) is 5.11 Å². The van der Waals surface area contributed by atoms with Crippen LogP contribution in [-0.4, -0.2) is 21.9 Å². The van der Waals surface area contributed by atoms with Crippen LogP contribution >= 0.6 is 0 Å². The molecule has 0 aliphatic heterocycles. The highest BCUT2D eigenvalue weighted by molar-refractivity contribution is 5.55. The average molecular weight is 276 g/mol.